The maximum atomic E-state index is 8.75. The Labute approximate surface area is 125 Å². The maximum absolute atomic E-state index is 8.75. The second-order valence-electron chi connectivity index (χ2n) is 4.40. The first-order chi connectivity index (χ1) is 10.3. The molecule has 2 aromatic carbocycles. The lowest BCUT2D eigenvalue weighted by molar-refractivity contribution is 0.296. The average Bonchev–Trinajstić information content (AvgIpc) is 2.54. The van der Waals surface area contributed by atoms with Crippen LogP contribution in [0.2, 0.25) is 0 Å². The number of benzene rings is 2. The molecule has 0 saturated heterocycles. The van der Waals surface area contributed by atoms with Gasteiger partial charge in [0.25, 0.3) is 0 Å². The van der Waals surface area contributed by atoms with Crippen LogP contribution in [0.4, 0.5) is 0 Å². The third-order valence-corrected chi connectivity index (χ3v) is 2.89. The minimum Gasteiger partial charge on any atom is -0.496 e. The van der Waals surface area contributed by atoms with Crippen molar-refractivity contribution in [1.29, 1.82) is 0 Å². The van der Waals surface area contributed by atoms with Crippen LogP contribution in [0.25, 0.3) is 0 Å². The first-order valence-corrected chi connectivity index (χ1v) is 6.78. The number of aliphatic hydroxyl groups excluding tert-OH is 1. The molecular formula is C18H18O3. The lowest BCUT2D eigenvalue weighted by atomic mass is 10.1. The van der Waals surface area contributed by atoms with E-state index in [0.717, 1.165) is 22.6 Å². The summed E-state index contributed by atoms with van der Waals surface area (Å²) in [6, 6.07) is 15.4. The Bertz CT molecular complexity index is 624. The van der Waals surface area contributed by atoms with E-state index in [1.54, 1.807) is 7.11 Å². The van der Waals surface area contributed by atoms with Crippen molar-refractivity contribution in [3.8, 4) is 23.3 Å². The number of methoxy groups -OCH3 is 1. The second kappa shape index (κ2) is 7.98. The van der Waals surface area contributed by atoms with Crippen LogP contribution < -0.4 is 9.47 Å². The Morgan fingerprint density at radius 2 is 1.90 bits per heavy atom. The van der Waals surface area contributed by atoms with Crippen molar-refractivity contribution >= 4 is 0 Å². The molecule has 0 aliphatic rings. The van der Waals surface area contributed by atoms with Crippen molar-refractivity contribution in [2.75, 3.05) is 13.7 Å². The van der Waals surface area contributed by atoms with Crippen molar-refractivity contribution in [2.24, 2.45) is 0 Å². The van der Waals surface area contributed by atoms with Crippen LogP contribution in [0.3, 0.4) is 0 Å². The van der Waals surface area contributed by atoms with Crippen LogP contribution >= 0.6 is 0 Å². The van der Waals surface area contributed by atoms with Crippen LogP contribution in [0, 0.1) is 11.8 Å². The molecule has 0 radical (unpaired) electrons. The fourth-order valence-electron chi connectivity index (χ4n) is 1.87. The first kappa shape index (κ1) is 15.0. The largest absolute Gasteiger partial charge is 0.496 e. The molecule has 0 amide bonds. The normalized spacial score (nSPS) is 9.62. The number of hydrogen-bond donors (Lipinski definition) is 1. The average molecular weight is 282 g/mol. The zero-order chi connectivity index (χ0) is 14.9. The van der Waals surface area contributed by atoms with Gasteiger partial charge in [-0.1, -0.05) is 30.0 Å². The molecule has 0 atom stereocenters. The molecule has 108 valence electrons. The molecule has 21 heavy (non-hydrogen) atoms. The number of para-hydroxylation sites is 1. The number of ether oxygens (including phenoxy) is 2. The first-order valence-electron chi connectivity index (χ1n) is 6.78. The van der Waals surface area contributed by atoms with Crippen molar-refractivity contribution in [2.45, 2.75) is 13.0 Å². The zero-order valence-electron chi connectivity index (χ0n) is 12.0. The van der Waals surface area contributed by atoms with Crippen molar-refractivity contribution in [3.05, 3.63) is 59.7 Å². The second-order valence-corrected chi connectivity index (χ2v) is 4.40. The van der Waals surface area contributed by atoms with Gasteiger partial charge in [-0.2, -0.15) is 0 Å². The molecule has 0 unspecified atom stereocenters. The van der Waals surface area contributed by atoms with Crippen molar-refractivity contribution < 1.29 is 14.6 Å². The Kier molecular flexibility index (Phi) is 5.69. The van der Waals surface area contributed by atoms with Gasteiger partial charge in [-0.15, -0.1) is 0 Å². The number of rotatable bonds is 5. The summed E-state index contributed by atoms with van der Waals surface area (Å²) in [7, 11) is 1.64. The molecule has 2 aromatic rings. The molecule has 0 spiro atoms. The van der Waals surface area contributed by atoms with Crippen LogP contribution in [0.5, 0.6) is 11.5 Å². The Morgan fingerprint density at radius 3 is 2.62 bits per heavy atom. The van der Waals surface area contributed by atoms with Gasteiger partial charge in [-0.3, -0.25) is 0 Å². The summed E-state index contributed by atoms with van der Waals surface area (Å²) in [4.78, 5) is 0. The summed E-state index contributed by atoms with van der Waals surface area (Å²) >= 11 is 0. The smallest absolute Gasteiger partial charge is 0.125 e. The molecule has 3 heteroatoms. The lowest BCUT2D eigenvalue weighted by Crippen LogP contribution is -1.99. The monoisotopic (exact) mass is 282 g/mol. The summed E-state index contributed by atoms with van der Waals surface area (Å²) in [5.74, 6) is 7.52. The van der Waals surface area contributed by atoms with E-state index in [0.29, 0.717) is 13.0 Å². The van der Waals surface area contributed by atoms with Crippen LogP contribution in [-0.4, -0.2) is 18.8 Å². The fourth-order valence-corrected chi connectivity index (χ4v) is 1.87. The van der Waals surface area contributed by atoms with Gasteiger partial charge in [0, 0.05) is 17.5 Å². The quantitative estimate of drug-likeness (QED) is 0.857. The van der Waals surface area contributed by atoms with Gasteiger partial charge in [0.05, 0.1) is 13.7 Å². The van der Waals surface area contributed by atoms with E-state index in [-0.39, 0.29) is 6.61 Å². The SMILES string of the molecule is COc1ccc(C#CCCO)cc1COc1ccccc1. The van der Waals surface area contributed by atoms with Crippen LogP contribution in [0.1, 0.15) is 17.5 Å². The van der Waals surface area contributed by atoms with E-state index in [1.165, 1.54) is 0 Å². The number of hydrogen-bond acceptors (Lipinski definition) is 3. The molecule has 0 aliphatic heterocycles. The van der Waals surface area contributed by atoms with Gasteiger partial charge in [0.2, 0.25) is 0 Å². The summed E-state index contributed by atoms with van der Waals surface area (Å²) in [6.45, 7) is 0.496. The van der Waals surface area contributed by atoms with Crippen LogP contribution in [-0.2, 0) is 6.61 Å². The summed E-state index contributed by atoms with van der Waals surface area (Å²) < 4.78 is 11.1. The highest BCUT2D eigenvalue weighted by molar-refractivity contribution is 5.44. The van der Waals surface area contributed by atoms with Gasteiger partial charge in [0.15, 0.2) is 0 Å². The molecule has 3 nitrogen and oxygen atoms in total. The minimum atomic E-state index is 0.0765. The summed E-state index contributed by atoms with van der Waals surface area (Å²) in [6.07, 6.45) is 0.474. The molecule has 2 rings (SSSR count). The molecule has 0 saturated carbocycles. The standard InChI is InChI=1S/C18H18O3/c1-20-18-11-10-15(7-5-6-12-19)13-16(18)14-21-17-8-3-2-4-9-17/h2-4,8-11,13,19H,6,12,14H2,1H3. The van der Waals surface area contributed by atoms with Gasteiger partial charge in [-0.25, -0.2) is 0 Å². The predicted molar refractivity (Wildman–Crippen MR) is 82.3 cm³/mol. The van der Waals surface area contributed by atoms with Gasteiger partial charge in [0.1, 0.15) is 18.1 Å². The molecule has 1 N–H and O–H groups in total. The van der Waals surface area contributed by atoms with Gasteiger partial charge in [-0.05, 0) is 30.3 Å². The fraction of sp³-hybridized carbons (Fsp3) is 0.222. The molecular weight excluding hydrogens is 264 g/mol. The molecule has 0 bridgehead atoms. The van der Waals surface area contributed by atoms with Crippen molar-refractivity contribution in [1.82, 2.24) is 0 Å². The number of aliphatic hydroxyl groups is 1. The Balaban J connectivity index is 2.13. The predicted octanol–water partition coefficient (Wildman–Crippen LogP) is 3.01. The lowest BCUT2D eigenvalue weighted by Gasteiger charge is -2.10. The highest BCUT2D eigenvalue weighted by Crippen LogP contribution is 2.22. The van der Waals surface area contributed by atoms with E-state index in [2.05, 4.69) is 11.8 Å². The minimum absolute atomic E-state index is 0.0765. The zero-order valence-corrected chi connectivity index (χ0v) is 12.0. The molecule has 0 aromatic heterocycles. The molecule has 0 aliphatic carbocycles. The highest BCUT2D eigenvalue weighted by atomic mass is 16.5. The van der Waals surface area contributed by atoms with E-state index >= 15 is 0 Å². The Morgan fingerprint density at radius 1 is 1.10 bits per heavy atom. The van der Waals surface area contributed by atoms with Gasteiger partial charge < -0.3 is 14.6 Å². The summed E-state index contributed by atoms with van der Waals surface area (Å²) in [5.41, 5.74) is 1.83. The topological polar surface area (TPSA) is 38.7 Å². The van der Waals surface area contributed by atoms with E-state index in [1.807, 2.05) is 48.5 Å². The molecule has 0 fully saturated rings. The molecule has 0 heterocycles. The third-order valence-electron chi connectivity index (χ3n) is 2.89. The highest BCUT2D eigenvalue weighted by Gasteiger charge is 2.05. The summed E-state index contributed by atoms with van der Waals surface area (Å²) in [5, 5.41) is 8.75. The van der Waals surface area contributed by atoms with Crippen molar-refractivity contribution in [3.63, 3.8) is 0 Å². The van der Waals surface area contributed by atoms with Gasteiger partial charge >= 0.3 is 0 Å². The maximum Gasteiger partial charge on any atom is 0.125 e. The van der Waals surface area contributed by atoms with E-state index < -0.39 is 0 Å². The third kappa shape index (κ3) is 4.55. The van der Waals surface area contributed by atoms with E-state index in [9.17, 15) is 0 Å². The Hall–Kier alpha value is -2.44. The van der Waals surface area contributed by atoms with E-state index in [4.69, 9.17) is 14.6 Å². The van der Waals surface area contributed by atoms with Crippen LogP contribution in [0.15, 0.2) is 48.5 Å².